The molecule has 2 heterocycles. The van der Waals surface area contributed by atoms with Gasteiger partial charge >= 0.3 is 5.69 Å². The molecule has 0 radical (unpaired) electrons. The fourth-order valence-corrected chi connectivity index (χ4v) is 2.21. The van der Waals surface area contributed by atoms with E-state index in [0.29, 0.717) is 43.9 Å². The van der Waals surface area contributed by atoms with Crippen LogP contribution in [0.4, 0.5) is 0 Å². The van der Waals surface area contributed by atoms with Gasteiger partial charge in [-0.05, 0) is 6.92 Å². The van der Waals surface area contributed by atoms with Gasteiger partial charge in [0.25, 0.3) is 5.56 Å². The fraction of sp³-hybridized carbons (Fsp3) is 0.583. The molecule has 0 unspecified atom stereocenters. The van der Waals surface area contributed by atoms with E-state index in [9.17, 15) is 9.59 Å². The molecule has 110 valence electrons. The molecule has 20 heavy (non-hydrogen) atoms. The SMILES string of the molecule is CCn1c(=O)c2c(ncn2CCN)n(CCOC)c1=O. The first-order valence-electron chi connectivity index (χ1n) is 6.53. The van der Waals surface area contributed by atoms with Crippen LogP contribution in [-0.4, -0.2) is 38.9 Å². The van der Waals surface area contributed by atoms with Crippen molar-refractivity contribution in [1.29, 1.82) is 0 Å². The van der Waals surface area contributed by atoms with Gasteiger partial charge in [0.15, 0.2) is 11.2 Å². The van der Waals surface area contributed by atoms with Crippen LogP contribution in [-0.2, 0) is 24.4 Å². The molecule has 2 N–H and O–H groups in total. The molecule has 0 bridgehead atoms. The number of aromatic nitrogens is 4. The molecule has 2 aromatic heterocycles. The number of rotatable bonds is 6. The smallest absolute Gasteiger partial charge is 0.332 e. The van der Waals surface area contributed by atoms with Crippen LogP contribution >= 0.6 is 0 Å². The Kier molecular flexibility index (Phi) is 4.35. The highest BCUT2D eigenvalue weighted by Crippen LogP contribution is 2.06. The first kappa shape index (κ1) is 14.5. The molecule has 0 aliphatic carbocycles. The maximum atomic E-state index is 12.4. The van der Waals surface area contributed by atoms with Gasteiger partial charge in [0.05, 0.1) is 19.5 Å². The lowest BCUT2D eigenvalue weighted by Crippen LogP contribution is -2.40. The summed E-state index contributed by atoms with van der Waals surface area (Å²) < 4.78 is 9.36. The molecule has 8 nitrogen and oxygen atoms in total. The van der Waals surface area contributed by atoms with Crippen molar-refractivity contribution in [2.45, 2.75) is 26.6 Å². The Morgan fingerprint density at radius 3 is 2.65 bits per heavy atom. The zero-order chi connectivity index (χ0) is 14.7. The van der Waals surface area contributed by atoms with Crippen LogP contribution in [0.1, 0.15) is 6.92 Å². The molecule has 2 rings (SSSR count). The van der Waals surface area contributed by atoms with E-state index in [0.717, 1.165) is 0 Å². The predicted octanol–water partition coefficient (Wildman–Crippen LogP) is -1.02. The summed E-state index contributed by atoms with van der Waals surface area (Å²) in [6, 6.07) is 0. The highest BCUT2D eigenvalue weighted by atomic mass is 16.5. The normalized spacial score (nSPS) is 11.3. The molecule has 0 amide bonds. The standard InChI is InChI=1S/C12H19N5O3/c1-3-16-11(18)9-10(14-8-15(9)5-4-13)17(12(16)19)6-7-20-2/h8H,3-7,13H2,1-2H3. The molecular weight excluding hydrogens is 262 g/mol. The zero-order valence-corrected chi connectivity index (χ0v) is 11.7. The number of hydrogen-bond donors (Lipinski definition) is 1. The quantitative estimate of drug-likeness (QED) is 0.731. The van der Waals surface area contributed by atoms with Crippen molar-refractivity contribution in [3.8, 4) is 0 Å². The lowest BCUT2D eigenvalue weighted by molar-refractivity contribution is 0.186. The van der Waals surface area contributed by atoms with E-state index in [1.54, 1.807) is 24.9 Å². The number of fused-ring (bicyclic) bond motifs is 1. The summed E-state index contributed by atoms with van der Waals surface area (Å²) in [5.74, 6) is 0. The van der Waals surface area contributed by atoms with Crippen LogP contribution in [0.2, 0.25) is 0 Å². The van der Waals surface area contributed by atoms with Crippen LogP contribution in [0.25, 0.3) is 11.2 Å². The maximum absolute atomic E-state index is 12.4. The Bertz CT molecular complexity index is 712. The molecular formula is C12H19N5O3. The average Bonchev–Trinajstić information content (AvgIpc) is 2.84. The summed E-state index contributed by atoms with van der Waals surface area (Å²) in [7, 11) is 1.56. The number of nitrogens with zero attached hydrogens (tertiary/aromatic N) is 4. The van der Waals surface area contributed by atoms with E-state index in [-0.39, 0.29) is 11.2 Å². The van der Waals surface area contributed by atoms with Crippen molar-refractivity contribution in [3.05, 3.63) is 27.2 Å². The second-order valence-electron chi connectivity index (χ2n) is 4.38. The second kappa shape index (κ2) is 6.02. The van der Waals surface area contributed by atoms with Crippen LogP contribution < -0.4 is 17.0 Å². The topological polar surface area (TPSA) is 97.1 Å². The number of ether oxygens (including phenoxy) is 1. The largest absolute Gasteiger partial charge is 0.383 e. The summed E-state index contributed by atoms with van der Waals surface area (Å²) in [6.45, 7) is 3.69. The molecule has 2 aromatic rings. The Hall–Kier alpha value is -1.93. The Balaban J connectivity index is 2.77. The first-order valence-corrected chi connectivity index (χ1v) is 6.53. The van der Waals surface area contributed by atoms with Crippen molar-refractivity contribution in [2.75, 3.05) is 20.3 Å². The van der Waals surface area contributed by atoms with Gasteiger partial charge in [-0.1, -0.05) is 0 Å². The lowest BCUT2D eigenvalue weighted by Gasteiger charge is -2.10. The molecule has 0 fully saturated rings. The van der Waals surface area contributed by atoms with Gasteiger partial charge in [-0.15, -0.1) is 0 Å². The predicted molar refractivity (Wildman–Crippen MR) is 74.9 cm³/mol. The molecule has 8 heteroatoms. The van der Waals surface area contributed by atoms with Crippen molar-refractivity contribution in [1.82, 2.24) is 18.7 Å². The van der Waals surface area contributed by atoms with Crippen LogP contribution in [0.3, 0.4) is 0 Å². The number of methoxy groups -OCH3 is 1. The van der Waals surface area contributed by atoms with E-state index in [1.165, 1.54) is 9.13 Å². The summed E-state index contributed by atoms with van der Waals surface area (Å²) >= 11 is 0. The fourth-order valence-electron chi connectivity index (χ4n) is 2.21. The van der Waals surface area contributed by atoms with E-state index in [2.05, 4.69) is 4.98 Å². The average molecular weight is 281 g/mol. The van der Waals surface area contributed by atoms with E-state index in [1.807, 2.05) is 0 Å². The van der Waals surface area contributed by atoms with Gasteiger partial charge in [0, 0.05) is 26.7 Å². The van der Waals surface area contributed by atoms with Crippen LogP contribution in [0.15, 0.2) is 15.9 Å². The minimum absolute atomic E-state index is 0.314. The van der Waals surface area contributed by atoms with E-state index < -0.39 is 0 Å². The van der Waals surface area contributed by atoms with Crippen molar-refractivity contribution < 1.29 is 4.74 Å². The monoisotopic (exact) mass is 281 g/mol. The Morgan fingerprint density at radius 1 is 1.30 bits per heavy atom. The third-order valence-corrected chi connectivity index (χ3v) is 3.19. The summed E-state index contributed by atoms with van der Waals surface area (Å²) in [6.07, 6.45) is 1.54. The number of nitrogens with two attached hydrogens (primary N) is 1. The van der Waals surface area contributed by atoms with E-state index >= 15 is 0 Å². The Morgan fingerprint density at radius 2 is 2.05 bits per heavy atom. The summed E-state index contributed by atoms with van der Waals surface area (Å²) in [5, 5.41) is 0. The molecule has 0 spiro atoms. The summed E-state index contributed by atoms with van der Waals surface area (Å²) in [5.41, 5.74) is 5.64. The van der Waals surface area contributed by atoms with Crippen molar-refractivity contribution in [3.63, 3.8) is 0 Å². The third-order valence-electron chi connectivity index (χ3n) is 3.19. The van der Waals surface area contributed by atoms with Crippen molar-refractivity contribution >= 4 is 11.2 Å². The molecule has 0 saturated carbocycles. The maximum Gasteiger partial charge on any atom is 0.332 e. The van der Waals surface area contributed by atoms with Gasteiger partial charge < -0.3 is 15.0 Å². The highest BCUT2D eigenvalue weighted by molar-refractivity contribution is 5.70. The minimum atomic E-state index is -0.361. The Labute approximate surface area is 115 Å². The molecule has 0 aliphatic heterocycles. The zero-order valence-electron chi connectivity index (χ0n) is 11.7. The second-order valence-corrected chi connectivity index (χ2v) is 4.38. The molecule has 0 aromatic carbocycles. The van der Waals surface area contributed by atoms with Gasteiger partial charge in [0.1, 0.15) is 0 Å². The first-order chi connectivity index (χ1) is 9.65. The van der Waals surface area contributed by atoms with Gasteiger partial charge in [-0.3, -0.25) is 13.9 Å². The van der Waals surface area contributed by atoms with Crippen LogP contribution in [0.5, 0.6) is 0 Å². The van der Waals surface area contributed by atoms with E-state index in [4.69, 9.17) is 10.5 Å². The van der Waals surface area contributed by atoms with Gasteiger partial charge in [-0.25, -0.2) is 9.78 Å². The molecule has 0 atom stereocenters. The lowest BCUT2D eigenvalue weighted by atomic mass is 10.4. The number of imidazole rings is 1. The summed E-state index contributed by atoms with van der Waals surface area (Å²) in [4.78, 5) is 28.9. The molecule has 0 aliphatic rings. The molecule has 0 saturated heterocycles. The van der Waals surface area contributed by atoms with Gasteiger partial charge in [-0.2, -0.15) is 0 Å². The minimum Gasteiger partial charge on any atom is -0.383 e. The van der Waals surface area contributed by atoms with Crippen molar-refractivity contribution in [2.24, 2.45) is 5.73 Å². The van der Waals surface area contributed by atoms with Crippen LogP contribution in [0, 0.1) is 0 Å². The van der Waals surface area contributed by atoms with Gasteiger partial charge in [0.2, 0.25) is 0 Å². The number of hydrogen-bond acceptors (Lipinski definition) is 5. The third kappa shape index (κ3) is 2.27. The highest BCUT2D eigenvalue weighted by Gasteiger charge is 2.16.